The number of rotatable bonds is 8. The van der Waals surface area contributed by atoms with Crippen LogP contribution in [0.15, 0.2) is 65.6 Å². The first kappa shape index (κ1) is 27.7. The lowest BCUT2D eigenvalue weighted by molar-refractivity contribution is -0.114. The van der Waals surface area contributed by atoms with Crippen molar-refractivity contribution < 1.29 is 32.3 Å². The van der Waals surface area contributed by atoms with E-state index >= 15 is 0 Å². The predicted molar refractivity (Wildman–Crippen MR) is 140 cm³/mol. The van der Waals surface area contributed by atoms with Crippen molar-refractivity contribution in [3.63, 3.8) is 0 Å². The number of nitrogens with zero attached hydrogens (tertiary/aromatic N) is 1. The first-order valence-electron chi connectivity index (χ1n) is 10.9. The van der Waals surface area contributed by atoms with Gasteiger partial charge in [0.15, 0.2) is 0 Å². The second-order valence-electron chi connectivity index (χ2n) is 8.09. The van der Waals surface area contributed by atoms with E-state index < -0.39 is 34.4 Å². The van der Waals surface area contributed by atoms with Crippen molar-refractivity contribution >= 4 is 50.8 Å². The molecule has 0 atom stereocenters. The quantitative estimate of drug-likeness (QED) is 0.418. The first-order chi connectivity index (χ1) is 17.5. The Hall–Kier alpha value is -3.89. The van der Waals surface area contributed by atoms with Gasteiger partial charge in [-0.25, -0.2) is 18.0 Å². The zero-order valence-electron chi connectivity index (χ0n) is 20.6. The lowest BCUT2D eigenvalue weighted by Crippen LogP contribution is -2.38. The Balaban J connectivity index is 2.02. The maximum absolute atomic E-state index is 13.6. The summed E-state index contributed by atoms with van der Waals surface area (Å²) in [4.78, 5) is 37.3. The molecule has 0 saturated heterocycles. The van der Waals surface area contributed by atoms with Crippen LogP contribution in [-0.4, -0.2) is 47.0 Å². The van der Waals surface area contributed by atoms with Crippen molar-refractivity contribution in [3.8, 4) is 0 Å². The van der Waals surface area contributed by atoms with E-state index in [0.29, 0.717) is 10.6 Å². The summed E-state index contributed by atoms with van der Waals surface area (Å²) in [6.07, 6.45) is 0. The summed E-state index contributed by atoms with van der Waals surface area (Å²) in [6, 6.07) is 14.8. The van der Waals surface area contributed by atoms with Gasteiger partial charge in [0.25, 0.3) is 10.0 Å². The number of carbonyl (C=O) groups excluding carboxylic acids is 3. The minimum atomic E-state index is -4.18. The van der Waals surface area contributed by atoms with E-state index in [9.17, 15) is 22.8 Å². The summed E-state index contributed by atoms with van der Waals surface area (Å²) in [5, 5.41) is 2.84. The minimum absolute atomic E-state index is 0.00415. The lowest BCUT2D eigenvalue weighted by atomic mass is 10.1. The number of esters is 2. The van der Waals surface area contributed by atoms with Gasteiger partial charge < -0.3 is 14.8 Å². The molecule has 0 heterocycles. The largest absolute Gasteiger partial charge is 0.465 e. The zero-order valence-corrected chi connectivity index (χ0v) is 22.1. The number of halogens is 1. The number of amides is 1. The normalized spacial score (nSPS) is 10.9. The average molecular weight is 545 g/mol. The number of ether oxygens (including phenoxy) is 2. The third-order valence-corrected chi connectivity index (χ3v) is 7.40. The number of aryl methyl sites for hydroxylation is 2. The van der Waals surface area contributed by atoms with E-state index in [1.807, 2.05) is 6.92 Å². The van der Waals surface area contributed by atoms with Crippen molar-refractivity contribution in [3.05, 3.63) is 87.9 Å². The number of anilines is 2. The smallest absolute Gasteiger partial charge is 0.337 e. The summed E-state index contributed by atoms with van der Waals surface area (Å²) < 4.78 is 37.7. The molecular formula is C26H25ClN2O7S. The molecule has 37 heavy (non-hydrogen) atoms. The van der Waals surface area contributed by atoms with Gasteiger partial charge in [-0.1, -0.05) is 35.4 Å². The number of nitrogens with one attached hydrogen (secondary N) is 1. The van der Waals surface area contributed by atoms with E-state index in [4.69, 9.17) is 21.1 Å². The molecule has 0 radical (unpaired) electrons. The first-order valence-corrected chi connectivity index (χ1v) is 12.7. The Bertz CT molecular complexity index is 1420. The molecule has 0 aliphatic rings. The van der Waals surface area contributed by atoms with Gasteiger partial charge >= 0.3 is 11.9 Å². The van der Waals surface area contributed by atoms with Crippen LogP contribution in [0, 0.1) is 13.8 Å². The van der Waals surface area contributed by atoms with Gasteiger partial charge in [0, 0.05) is 10.7 Å². The van der Waals surface area contributed by atoms with Crippen LogP contribution in [0.5, 0.6) is 0 Å². The van der Waals surface area contributed by atoms with E-state index in [1.165, 1.54) is 50.6 Å². The van der Waals surface area contributed by atoms with Crippen LogP contribution < -0.4 is 9.62 Å². The molecule has 0 aliphatic carbocycles. The maximum atomic E-state index is 13.6. The van der Waals surface area contributed by atoms with Crippen molar-refractivity contribution in [2.24, 2.45) is 0 Å². The topological polar surface area (TPSA) is 119 Å². The number of carbonyl (C=O) groups is 3. The molecule has 11 heteroatoms. The summed E-state index contributed by atoms with van der Waals surface area (Å²) in [5.74, 6) is -2.20. The van der Waals surface area contributed by atoms with Gasteiger partial charge in [-0.3, -0.25) is 9.10 Å². The zero-order chi connectivity index (χ0) is 27.3. The highest BCUT2D eigenvalue weighted by molar-refractivity contribution is 7.92. The predicted octanol–water partition coefficient (Wildman–Crippen LogP) is 4.36. The molecule has 9 nitrogen and oxygen atoms in total. The molecule has 0 aromatic heterocycles. The van der Waals surface area contributed by atoms with Crippen LogP contribution in [0.1, 0.15) is 31.8 Å². The number of hydrogen-bond acceptors (Lipinski definition) is 7. The second kappa shape index (κ2) is 11.4. The molecule has 1 amide bonds. The maximum Gasteiger partial charge on any atom is 0.337 e. The van der Waals surface area contributed by atoms with Crippen LogP contribution >= 0.6 is 11.6 Å². The minimum Gasteiger partial charge on any atom is -0.465 e. The van der Waals surface area contributed by atoms with Crippen LogP contribution in [0.25, 0.3) is 0 Å². The van der Waals surface area contributed by atoms with E-state index in [2.05, 4.69) is 5.32 Å². The van der Waals surface area contributed by atoms with Crippen molar-refractivity contribution in [2.45, 2.75) is 18.7 Å². The van der Waals surface area contributed by atoms with Gasteiger partial charge in [-0.15, -0.1) is 0 Å². The second-order valence-corrected chi connectivity index (χ2v) is 10.4. The van der Waals surface area contributed by atoms with Crippen molar-refractivity contribution in [1.82, 2.24) is 0 Å². The van der Waals surface area contributed by atoms with Gasteiger partial charge in [-0.2, -0.15) is 0 Å². The Kier molecular flexibility index (Phi) is 8.57. The summed E-state index contributed by atoms with van der Waals surface area (Å²) in [7, 11) is -1.84. The lowest BCUT2D eigenvalue weighted by Gasteiger charge is -2.26. The van der Waals surface area contributed by atoms with E-state index in [1.54, 1.807) is 31.2 Å². The molecule has 1 N–H and O–H groups in total. The highest BCUT2D eigenvalue weighted by atomic mass is 35.5. The number of sulfonamides is 1. The summed E-state index contributed by atoms with van der Waals surface area (Å²) in [6.45, 7) is 2.91. The van der Waals surface area contributed by atoms with Crippen LogP contribution in [0.2, 0.25) is 5.02 Å². The Morgan fingerprint density at radius 3 is 1.97 bits per heavy atom. The summed E-state index contributed by atoms with van der Waals surface area (Å²) in [5.41, 5.74) is 1.74. The van der Waals surface area contributed by atoms with Gasteiger partial charge in [0.2, 0.25) is 5.91 Å². The van der Waals surface area contributed by atoms with Crippen LogP contribution in [0.4, 0.5) is 11.4 Å². The molecule has 0 aliphatic heterocycles. The molecule has 3 aromatic rings. The van der Waals surface area contributed by atoms with Crippen molar-refractivity contribution in [1.29, 1.82) is 0 Å². The van der Waals surface area contributed by atoms with Crippen LogP contribution in [0.3, 0.4) is 0 Å². The average Bonchev–Trinajstić information content (AvgIpc) is 2.87. The highest BCUT2D eigenvalue weighted by Gasteiger charge is 2.29. The van der Waals surface area contributed by atoms with E-state index in [0.717, 1.165) is 9.87 Å². The van der Waals surface area contributed by atoms with Gasteiger partial charge in [-0.05, 0) is 61.9 Å². The molecule has 0 bridgehead atoms. The third kappa shape index (κ3) is 6.46. The number of methoxy groups -OCH3 is 2. The number of hydrogen-bond donors (Lipinski definition) is 1. The summed E-state index contributed by atoms with van der Waals surface area (Å²) >= 11 is 6.16. The molecule has 0 unspecified atom stereocenters. The Morgan fingerprint density at radius 2 is 1.43 bits per heavy atom. The Labute approximate surface area is 220 Å². The molecule has 0 saturated carbocycles. The van der Waals surface area contributed by atoms with E-state index in [-0.39, 0.29) is 27.4 Å². The molecule has 3 aromatic carbocycles. The van der Waals surface area contributed by atoms with Crippen molar-refractivity contribution in [2.75, 3.05) is 30.4 Å². The molecule has 3 rings (SSSR count). The third-order valence-electron chi connectivity index (χ3n) is 5.40. The fourth-order valence-electron chi connectivity index (χ4n) is 3.49. The molecule has 194 valence electrons. The molecule has 0 fully saturated rings. The SMILES string of the molecule is COC(=O)c1cc(NC(=O)CN(c2cc(Cl)ccc2C)S(=O)(=O)c2ccc(C)cc2)cc(C(=O)OC)c1. The molecule has 0 spiro atoms. The standard InChI is InChI=1S/C26H25ClN2O7S/c1-16-5-9-22(10-6-16)37(33,34)29(23-14-20(27)8-7-17(23)2)15-24(30)28-21-12-18(25(31)35-3)11-19(13-21)26(32)36-4/h5-14H,15H2,1-4H3,(H,28,30). The highest BCUT2D eigenvalue weighted by Crippen LogP contribution is 2.30. The Morgan fingerprint density at radius 1 is 0.865 bits per heavy atom. The molecular weight excluding hydrogens is 520 g/mol. The fourth-order valence-corrected chi connectivity index (χ4v) is 5.13. The van der Waals surface area contributed by atoms with Gasteiger partial charge in [0.1, 0.15) is 6.54 Å². The fraction of sp³-hybridized carbons (Fsp3) is 0.192. The van der Waals surface area contributed by atoms with Crippen LogP contribution in [-0.2, 0) is 24.3 Å². The monoisotopic (exact) mass is 544 g/mol. The number of benzene rings is 3. The van der Waals surface area contributed by atoms with Gasteiger partial charge in [0.05, 0.1) is 35.9 Å².